The van der Waals surface area contributed by atoms with E-state index in [-0.39, 0.29) is 23.6 Å². The third-order valence-electron chi connectivity index (χ3n) is 2.47. The van der Waals surface area contributed by atoms with Gasteiger partial charge in [-0.15, -0.1) is 6.58 Å². The number of nitrogens with one attached hydrogen (secondary N) is 1. The maximum atomic E-state index is 11.5. The lowest BCUT2D eigenvalue weighted by atomic mass is 10.2. The van der Waals surface area contributed by atoms with Crippen LogP contribution in [0, 0.1) is 0 Å². The van der Waals surface area contributed by atoms with Crippen molar-refractivity contribution in [3.05, 3.63) is 12.7 Å². The number of carbonyl (C=O) groups is 1. The first-order chi connectivity index (χ1) is 6.96. The molecule has 0 aliphatic carbocycles. The molecule has 1 rings (SSSR count). The van der Waals surface area contributed by atoms with Crippen LogP contribution in [0.3, 0.4) is 0 Å². The van der Waals surface area contributed by atoms with Gasteiger partial charge >= 0.3 is 6.03 Å². The lowest BCUT2D eigenvalue weighted by Crippen LogP contribution is -2.44. The van der Waals surface area contributed by atoms with Crippen molar-refractivity contribution in [2.75, 3.05) is 25.1 Å². The average Bonchev–Trinajstić information content (AvgIpc) is 2.54. The molecule has 0 aromatic heterocycles. The molecular formula is C9H16N2O3S. The predicted octanol–water partition coefficient (Wildman–Crippen LogP) is 0.000900. The van der Waals surface area contributed by atoms with E-state index in [0.717, 1.165) is 0 Å². The van der Waals surface area contributed by atoms with E-state index in [1.54, 1.807) is 13.1 Å². The van der Waals surface area contributed by atoms with Gasteiger partial charge in [-0.25, -0.2) is 13.2 Å². The van der Waals surface area contributed by atoms with Crippen molar-refractivity contribution < 1.29 is 13.2 Å². The Hall–Kier alpha value is -1.04. The molecule has 1 N–H and O–H groups in total. The van der Waals surface area contributed by atoms with E-state index in [1.807, 2.05) is 0 Å². The topological polar surface area (TPSA) is 66.5 Å². The number of amides is 2. The maximum Gasteiger partial charge on any atom is 0.317 e. The molecule has 1 aliphatic rings. The normalized spacial score (nSPS) is 23.4. The standard InChI is InChI=1S/C9H16N2O3S/c1-3-5-10-9(12)11(2)8-4-6-15(13,14)7-8/h3,8H,1,4-7H2,2H3,(H,10,12). The van der Waals surface area contributed by atoms with Gasteiger partial charge in [0.05, 0.1) is 11.5 Å². The fraction of sp³-hybridized carbons (Fsp3) is 0.667. The molecule has 1 aliphatic heterocycles. The monoisotopic (exact) mass is 232 g/mol. The average molecular weight is 232 g/mol. The van der Waals surface area contributed by atoms with E-state index in [2.05, 4.69) is 11.9 Å². The Balaban J connectivity index is 2.51. The van der Waals surface area contributed by atoms with E-state index < -0.39 is 9.84 Å². The molecule has 5 nitrogen and oxygen atoms in total. The second kappa shape index (κ2) is 4.65. The molecule has 0 aromatic rings. The fourth-order valence-electron chi connectivity index (χ4n) is 1.53. The van der Waals surface area contributed by atoms with Crippen LogP contribution in [0.15, 0.2) is 12.7 Å². The summed E-state index contributed by atoms with van der Waals surface area (Å²) in [5, 5.41) is 2.61. The Labute approximate surface area is 90.1 Å². The van der Waals surface area contributed by atoms with Gasteiger partial charge in [-0.05, 0) is 6.42 Å². The number of nitrogens with zero attached hydrogens (tertiary/aromatic N) is 1. The van der Waals surface area contributed by atoms with Crippen LogP contribution in [0.25, 0.3) is 0 Å². The molecule has 1 unspecified atom stereocenters. The van der Waals surface area contributed by atoms with Gasteiger partial charge in [0, 0.05) is 19.6 Å². The summed E-state index contributed by atoms with van der Waals surface area (Å²) >= 11 is 0. The minimum Gasteiger partial charge on any atom is -0.335 e. The van der Waals surface area contributed by atoms with Crippen LogP contribution in [0.4, 0.5) is 4.79 Å². The molecular weight excluding hydrogens is 216 g/mol. The molecule has 15 heavy (non-hydrogen) atoms. The van der Waals surface area contributed by atoms with E-state index in [4.69, 9.17) is 0 Å². The van der Waals surface area contributed by atoms with E-state index in [0.29, 0.717) is 13.0 Å². The van der Waals surface area contributed by atoms with Crippen LogP contribution in [-0.2, 0) is 9.84 Å². The van der Waals surface area contributed by atoms with Crippen LogP contribution in [0.5, 0.6) is 0 Å². The number of urea groups is 1. The lowest BCUT2D eigenvalue weighted by molar-refractivity contribution is 0.196. The molecule has 0 aromatic carbocycles. The van der Waals surface area contributed by atoms with Crippen molar-refractivity contribution in [2.45, 2.75) is 12.5 Å². The zero-order valence-electron chi connectivity index (χ0n) is 8.77. The summed E-state index contributed by atoms with van der Waals surface area (Å²) < 4.78 is 22.4. The van der Waals surface area contributed by atoms with Crippen LogP contribution < -0.4 is 5.32 Å². The zero-order chi connectivity index (χ0) is 11.5. The molecule has 0 bridgehead atoms. The first kappa shape index (κ1) is 12.0. The summed E-state index contributed by atoms with van der Waals surface area (Å²) in [6, 6.07) is -0.447. The molecule has 2 amide bonds. The Morgan fingerprint density at radius 2 is 2.33 bits per heavy atom. The summed E-state index contributed by atoms with van der Waals surface area (Å²) in [6.45, 7) is 3.87. The van der Waals surface area contributed by atoms with Crippen molar-refractivity contribution in [3.63, 3.8) is 0 Å². The highest BCUT2D eigenvalue weighted by Crippen LogP contribution is 2.16. The SMILES string of the molecule is C=CCNC(=O)N(C)C1CCS(=O)(=O)C1. The molecule has 0 radical (unpaired) electrons. The number of rotatable bonds is 3. The van der Waals surface area contributed by atoms with E-state index >= 15 is 0 Å². The van der Waals surface area contributed by atoms with Crippen molar-refractivity contribution in [1.29, 1.82) is 0 Å². The largest absolute Gasteiger partial charge is 0.335 e. The van der Waals surface area contributed by atoms with Crippen molar-refractivity contribution >= 4 is 15.9 Å². The molecule has 0 spiro atoms. The maximum absolute atomic E-state index is 11.5. The van der Waals surface area contributed by atoms with E-state index in [9.17, 15) is 13.2 Å². The highest BCUT2D eigenvalue weighted by atomic mass is 32.2. The second-order valence-corrected chi connectivity index (χ2v) is 5.87. The van der Waals surface area contributed by atoms with Gasteiger partial charge in [0.2, 0.25) is 0 Å². The van der Waals surface area contributed by atoms with Crippen molar-refractivity contribution in [2.24, 2.45) is 0 Å². The quantitative estimate of drug-likeness (QED) is 0.697. The lowest BCUT2D eigenvalue weighted by Gasteiger charge is -2.23. The van der Waals surface area contributed by atoms with Gasteiger partial charge in [-0.1, -0.05) is 6.08 Å². The summed E-state index contributed by atoms with van der Waals surface area (Å²) in [6.07, 6.45) is 2.11. The molecule has 1 saturated heterocycles. The van der Waals surface area contributed by atoms with Crippen LogP contribution in [0.2, 0.25) is 0 Å². The van der Waals surface area contributed by atoms with Gasteiger partial charge in [0.1, 0.15) is 0 Å². The minimum atomic E-state index is -2.94. The molecule has 1 heterocycles. The summed E-state index contributed by atoms with van der Waals surface area (Å²) in [5.74, 6) is 0.252. The highest BCUT2D eigenvalue weighted by Gasteiger charge is 2.32. The Morgan fingerprint density at radius 1 is 1.67 bits per heavy atom. The predicted molar refractivity (Wildman–Crippen MR) is 58.4 cm³/mol. The van der Waals surface area contributed by atoms with Crippen molar-refractivity contribution in [1.82, 2.24) is 10.2 Å². The minimum absolute atomic E-state index is 0.0744. The van der Waals surface area contributed by atoms with Gasteiger partial charge in [-0.3, -0.25) is 0 Å². The summed E-state index contributed by atoms with van der Waals surface area (Å²) in [7, 11) is -1.32. The molecule has 86 valence electrons. The number of carbonyl (C=O) groups excluding carboxylic acids is 1. The fourth-order valence-corrected chi connectivity index (χ4v) is 3.31. The van der Waals surface area contributed by atoms with Gasteiger partial charge in [0.25, 0.3) is 0 Å². The third kappa shape index (κ3) is 3.23. The molecule has 0 saturated carbocycles. The molecule has 1 fully saturated rings. The summed E-state index contributed by atoms with van der Waals surface area (Å²) in [4.78, 5) is 12.9. The van der Waals surface area contributed by atoms with Gasteiger partial charge < -0.3 is 10.2 Å². The van der Waals surface area contributed by atoms with Crippen molar-refractivity contribution in [3.8, 4) is 0 Å². The van der Waals surface area contributed by atoms with E-state index in [1.165, 1.54) is 4.90 Å². The third-order valence-corrected chi connectivity index (χ3v) is 4.22. The smallest absolute Gasteiger partial charge is 0.317 e. The first-order valence-corrected chi connectivity index (χ1v) is 6.60. The van der Waals surface area contributed by atoms with Crippen LogP contribution in [0.1, 0.15) is 6.42 Å². The number of hydrogen-bond donors (Lipinski definition) is 1. The Kier molecular flexibility index (Phi) is 3.73. The first-order valence-electron chi connectivity index (χ1n) is 4.78. The summed E-state index contributed by atoms with van der Waals surface area (Å²) in [5.41, 5.74) is 0. The molecule has 1 atom stereocenters. The molecule has 6 heteroatoms. The Morgan fingerprint density at radius 3 is 2.80 bits per heavy atom. The van der Waals surface area contributed by atoms with Crippen LogP contribution >= 0.6 is 0 Å². The van der Waals surface area contributed by atoms with Gasteiger partial charge in [0.15, 0.2) is 9.84 Å². The Bertz CT molecular complexity index is 350. The van der Waals surface area contributed by atoms with Gasteiger partial charge in [-0.2, -0.15) is 0 Å². The van der Waals surface area contributed by atoms with Crippen LogP contribution in [-0.4, -0.2) is 50.5 Å². The second-order valence-electron chi connectivity index (χ2n) is 3.64. The number of sulfone groups is 1. The highest BCUT2D eigenvalue weighted by molar-refractivity contribution is 7.91. The zero-order valence-corrected chi connectivity index (χ0v) is 9.59. The number of hydrogen-bond acceptors (Lipinski definition) is 3.